The minimum Gasteiger partial charge on any atom is -0.504 e. The first-order valence-electron chi connectivity index (χ1n) is 9.43. The first-order chi connectivity index (χ1) is 15.0. The fourth-order valence-electron chi connectivity index (χ4n) is 3.04. The maximum absolute atomic E-state index is 10.7. The second-order valence-electron chi connectivity index (χ2n) is 6.71. The van der Waals surface area contributed by atoms with Gasteiger partial charge in [0.2, 0.25) is 0 Å². The lowest BCUT2D eigenvalue weighted by Crippen LogP contribution is -2.08. The molecule has 156 valence electrons. The molecule has 0 fully saturated rings. The summed E-state index contributed by atoms with van der Waals surface area (Å²) in [4.78, 5) is 19.2. The van der Waals surface area contributed by atoms with Crippen molar-refractivity contribution >= 4 is 34.8 Å². The number of anilines is 1. The van der Waals surface area contributed by atoms with Crippen molar-refractivity contribution in [2.24, 2.45) is 0 Å². The molecule has 0 aliphatic rings. The van der Waals surface area contributed by atoms with Crippen molar-refractivity contribution in [3.05, 3.63) is 81.9 Å². The average Bonchev–Trinajstić information content (AvgIpc) is 3.24. The van der Waals surface area contributed by atoms with E-state index in [2.05, 4.69) is 15.3 Å². The van der Waals surface area contributed by atoms with E-state index in [0.717, 1.165) is 16.5 Å². The summed E-state index contributed by atoms with van der Waals surface area (Å²) in [6, 6.07) is 15.1. The van der Waals surface area contributed by atoms with E-state index >= 15 is 0 Å². The molecule has 0 spiro atoms. The standard InChI is InChI=1S/C22H18N4O5/c27-18-8-5-14(13-19(18)28)11-12-23-22-16-3-1-2-4-17(16)24-20(25-22)9-6-15-7-10-21(31-15)26(29)30/h1-10,13,27-28H,11-12H2,(H,23,24,25)/b9-6+. The summed E-state index contributed by atoms with van der Waals surface area (Å²) >= 11 is 0. The van der Waals surface area contributed by atoms with Gasteiger partial charge in [0.1, 0.15) is 16.5 Å². The third kappa shape index (κ3) is 4.61. The molecule has 2 heterocycles. The van der Waals surface area contributed by atoms with Crippen molar-refractivity contribution in [1.29, 1.82) is 0 Å². The largest absolute Gasteiger partial charge is 0.504 e. The molecule has 9 nitrogen and oxygen atoms in total. The van der Waals surface area contributed by atoms with E-state index < -0.39 is 4.92 Å². The molecular formula is C22H18N4O5. The van der Waals surface area contributed by atoms with Crippen LogP contribution < -0.4 is 5.32 Å². The van der Waals surface area contributed by atoms with Gasteiger partial charge in [-0.15, -0.1) is 0 Å². The Balaban J connectivity index is 1.54. The smallest absolute Gasteiger partial charge is 0.433 e. The molecule has 0 saturated heterocycles. The summed E-state index contributed by atoms with van der Waals surface area (Å²) in [5.74, 6) is 0.736. The second-order valence-corrected chi connectivity index (χ2v) is 6.71. The Morgan fingerprint density at radius 1 is 1.03 bits per heavy atom. The summed E-state index contributed by atoms with van der Waals surface area (Å²) in [5, 5.41) is 33.9. The highest BCUT2D eigenvalue weighted by Gasteiger charge is 2.11. The van der Waals surface area contributed by atoms with Gasteiger partial charge in [-0.2, -0.15) is 0 Å². The normalized spacial score (nSPS) is 11.2. The van der Waals surface area contributed by atoms with Crippen LogP contribution >= 0.6 is 0 Å². The van der Waals surface area contributed by atoms with Crippen molar-refractivity contribution in [2.75, 3.05) is 11.9 Å². The van der Waals surface area contributed by atoms with Crippen LogP contribution in [0.1, 0.15) is 17.1 Å². The minimum atomic E-state index is -0.597. The van der Waals surface area contributed by atoms with Crippen LogP contribution in [0.25, 0.3) is 23.1 Å². The third-order valence-electron chi connectivity index (χ3n) is 4.56. The van der Waals surface area contributed by atoms with Crippen LogP contribution in [-0.4, -0.2) is 31.6 Å². The van der Waals surface area contributed by atoms with Crippen molar-refractivity contribution in [2.45, 2.75) is 6.42 Å². The van der Waals surface area contributed by atoms with Crippen molar-refractivity contribution in [3.63, 3.8) is 0 Å². The first kappa shape index (κ1) is 19.9. The van der Waals surface area contributed by atoms with Gasteiger partial charge in [0, 0.05) is 11.9 Å². The number of aromatic hydroxyl groups is 2. The number of hydrogen-bond acceptors (Lipinski definition) is 8. The van der Waals surface area contributed by atoms with E-state index in [9.17, 15) is 20.3 Å². The molecule has 2 aromatic heterocycles. The molecule has 0 aliphatic carbocycles. The number of benzene rings is 2. The van der Waals surface area contributed by atoms with E-state index in [0.29, 0.717) is 30.4 Å². The number of fused-ring (bicyclic) bond motifs is 1. The van der Waals surface area contributed by atoms with Gasteiger partial charge in [0.05, 0.1) is 11.6 Å². The van der Waals surface area contributed by atoms with Gasteiger partial charge in [-0.25, -0.2) is 9.97 Å². The molecule has 0 unspecified atom stereocenters. The Kier molecular flexibility index (Phi) is 5.48. The number of aromatic nitrogens is 2. The van der Waals surface area contributed by atoms with Crippen LogP contribution in [0.5, 0.6) is 11.5 Å². The topological polar surface area (TPSA) is 135 Å². The molecule has 2 aromatic carbocycles. The summed E-state index contributed by atoms with van der Waals surface area (Å²) in [6.07, 6.45) is 3.80. The zero-order valence-electron chi connectivity index (χ0n) is 16.2. The Hall–Kier alpha value is -4.40. The van der Waals surface area contributed by atoms with Crippen LogP contribution in [0.15, 0.2) is 59.0 Å². The molecule has 3 N–H and O–H groups in total. The van der Waals surface area contributed by atoms with E-state index in [1.165, 1.54) is 24.3 Å². The Bertz CT molecular complexity index is 1280. The maximum atomic E-state index is 10.7. The fourth-order valence-corrected chi connectivity index (χ4v) is 3.04. The fraction of sp³-hybridized carbons (Fsp3) is 0.0909. The lowest BCUT2D eigenvalue weighted by molar-refractivity contribution is -0.402. The molecule has 4 aromatic rings. The van der Waals surface area contributed by atoms with Gasteiger partial charge < -0.3 is 19.9 Å². The molecule has 0 saturated carbocycles. The number of furan rings is 1. The van der Waals surface area contributed by atoms with Gasteiger partial charge in [-0.1, -0.05) is 18.2 Å². The summed E-state index contributed by atoms with van der Waals surface area (Å²) in [6.45, 7) is 0.540. The van der Waals surface area contributed by atoms with Crippen LogP contribution in [0.2, 0.25) is 0 Å². The number of para-hydroxylation sites is 1. The number of nitrogens with zero attached hydrogens (tertiary/aromatic N) is 3. The maximum Gasteiger partial charge on any atom is 0.433 e. The number of hydrogen-bond donors (Lipinski definition) is 3. The van der Waals surface area contributed by atoms with E-state index in [1.807, 2.05) is 24.3 Å². The number of rotatable bonds is 7. The number of nitro groups is 1. The monoisotopic (exact) mass is 418 g/mol. The molecule has 31 heavy (non-hydrogen) atoms. The highest BCUT2D eigenvalue weighted by molar-refractivity contribution is 5.90. The molecule has 0 bridgehead atoms. The molecule has 0 atom stereocenters. The summed E-state index contributed by atoms with van der Waals surface area (Å²) in [5.41, 5.74) is 1.60. The quantitative estimate of drug-likeness (QED) is 0.229. The molecule has 0 aliphatic heterocycles. The van der Waals surface area contributed by atoms with Gasteiger partial charge in [0.25, 0.3) is 0 Å². The highest BCUT2D eigenvalue weighted by Crippen LogP contribution is 2.26. The van der Waals surface area contributed by atoms with Crippen LogP contribution in [0.4, 0.5) is 11.7 Å². The number of nitrogens with one attached hydrogen (secondary N) is 1. The first-order valence-corrected chi connectivity index (χ1v) is 9.43. The molecule has 4 rings (SSSR count). The Morgan fingerprint density at radius 2 is 1.87 bits per heavy atom. The summed E-state index contributed by atoms with van der Waals surface area (Å²) < 4.78 is 5.12. The average molecular weight is 418 g/mol. The van der Waals surface area contributed by atoms with Crippen molar-refractivity contribution in [3.8, 4) is 11.5 Å². The lowest BCUT2D eigenvalue weighted by atomic mass is 10.1. The SMILES string of the molecule is O=[N+]([O-])c1ccc(/C=C/c2nc(NCCc3ccc(O)c(O)c3)c3ccccc3n2)o1. The van der Waals surface area contributed by atoms with Crippen molar-refractivity contribution in [1.82, 2.24) is 9.97 Å². The second kappa shape index (κ2) is 8.54. The van der Waals surface area contributed by atoms with Gasteiger partial charge in [0.15, 0.2) is 17.3 Å². The minimum absolute atomic E-state index is 0.156. The van der Waals surface area contributed by atoms with Crippen LogP contribution in [0, 0.1) is 10.1 Å². The van der Waals surface area contributed by atoms with Gasteiger partial charge >= 0.3 is 5.88 Å². The molecule has 0 amide bonds. The van der Waals surface area contributed by atoms with Gasteiger partial charge in [-0.3, -0.25) is 10.1 Å². The number of phenolic OH excluding ortho intramolecular Hbond substituents is 2. The molecular weight excluding hydrogens is 400 g/mol. The highest BCUT2D eigenvalue weighted by atomic mass is 16.6. The Morgan fingerprint density at radius 3 is 2.65 bits per heavy atom. The van der Waals surface area contributed by atoms with E-state index in [1.54, 1.807) is 18.2 Å². The summed E-state index contributed by atoms with van der Waals surface area (Å²) in [7, 11) is 0. The Labute approximate surface area is 176 Å². The third-order valence-corrected chi connectivity index (χ3v) is 4.56. The zero-order valence-corrected chi connectivity index (χ0v) is 16.2. The van der Waals surface area contributed by atoms with E-state index in [-0.39, 0.29) is 17.4 Å². The zero-order chi connectivity index (χ0) is 21.8. The predicted octanol–water partition coefficient (Wildman–Crippen LogP) is 4.37. The van der Waals surface area contributed by atoms with Crippen LogP contribution in [-0.2, 0) is 6.42 Å². The molecule has 0 radical (unpaired) electrons. The molecule has 9 heteroatoms. The van der Waals surface area contributed by atoms with Crippen molar-refractivity contribution < 1.29 is 19.6 Å². The van der Waals surface area contributed by atoms with Crippen LogP contribution in [0.3, 0.4) is 0 Å². The predicted molar refractivity (Wildman–Crippen MR) is 116 cm³/mol. The number of phenols is 2. The van der Waals surface area contributed by atoms with Gasteiger partial charge in [-0.05, 0) is 54.5 Å². The van der Waals surface area contributed by atoms with E-state index in [4.69, 9.17) is 4.42 Å². The lowest BCUT2D eigenvalue weighted by Gasteiger charge is -2.10.